The number of nitro benzene ring substituents is 2. The Bertz CT molecular complexity index is 1530. The van der Waals surface area contributed by atoms with Crippen molar-refractivity contribution in [2.45, 2.75) is 0 Å². The number of hydrogen-bond donors (Lipinski definition) is 1. The fourth-order valence-electron chi connectivity index (χ4n) is 4.01. The van der Waals surface area contributed by atoms with Crippen molar-refractivity contribution < 1.29 is 19.4 Å². The van der Waals surface area contributed by atoms with Gasteiger partial charge in [-0.05, 0) is 30.3 Å². The highest BCUT2D eigenvalue weighted by Crippen LogP contribution is 2.45. The van der Waals surface area contributed by atoms with Crippen LogP contribution in [0.15, 0.2) is 73.1 Å². The Morgan fingerprint density at radius 3 is 2.41 bits per heavy atom. The molecule has 11 nitrogen and oxygen atoms in total. The number of para-hydroxylation sites is 2. The van der Waals surface area contributed by atoms with Gasteiger partial charge in [-0.15, -0.1) is 0 Å². The number of carbonyl (C=O) groups is 2. The number of benzene rings is 3. The van der Waals surface area contributed by atoms with Gasteiger partial charge in [-0.1, -0.05) is 12.1 Å². The Morgan fingerprint density at radius 2 is 1.71 bits per heavy atom. The molecular formula is C23H13N5O6. The zero-order valence-corrected chi connectivity index (χ0v) is 17.2. The lowest BCUT2D eigenvalue weighted by Gasteiger charge is -2.13. The van der Waals surface area contributed by atoms with Crippen molar-refractivity contribution in [3.8, 4) is 16.8 Å². The fourth-order valence-corrected chi connectivity index (χ4v) is 4.01. The van der Waals surface area contributed by atoms with Gasteiger partial charge in [0.25, 0.3) is 17.3 Å². The molecule has 166 valence electrons. The van der Waals surface area contributed by atoms with Gasteiger partial charge in [0.2, 0.25) is 0 Å². The summed E-state index contributed by atoms with van der Waals surface area (Å²) in [5.74, 6) is -1.36. The van der Waals surface area contributed by atoms with Crippen LogP contribution in [0.2, 0.25) is 0 Å². The fraction of sp³-hybridized carbons (Fsp3) is 0. The Balaban J connectivity index is 1.62. The maximum absolute atomic E-state index is 13.3. The first-order valence-corrected chi connectivity index (χ1v) is 9.92. The number of hydrogen-bond acceptors (Lipinski definition) is 7. The number of nitro groups is 2. The van der Waals surface area contributed by atoms with E-state index in [1.807, 2.05) is 0 Å². The SMILES string of the molecule is O=C(Nc1ccccc1-n1cccn1)c1ccc([N+](=O)[O-])c2c1C(=O)c1cc([N+](=O)[O-])ccc1-2. The van der Waals surface area contributed by atoms with Gasteiger partial charge in [-0.2, -0.15) is 5.10 Å². The van der Waals surface area contributed by atoms with E-state index in [4.69, 9.17) is 0 Å². The minimum absolute atomic E-state index is 0.0343. The van der Waals surface area contributed by atoms with E-state index in [1.165, 1.54) is 12.1 Å². The number of ketones is 1. The molecule has 0 fully saturated rings. The molecule has 1 aromatic heterocycles. The van der Waals surface area contributed by atoms with E-state index in [2.05, 4.69) is 10.4 Å². The van der Waals surface area contributed by atoms with Gasteiger partial charge in [0, 0.05) is 41.7 Å². The van der Waals surface area contributed by atoms with Crippen LogP contribution in [0.5, 0.6) is 0 Å². The molecule has 1 heterocycles. The van der Waals surface area contributed by atoms with Crippen molar-refractivity contribution in [2.24, 2.45) is 0 Å². The van der Waals surface area contributed by atoms with Gasteiger partial charge in [0.1, 0.15) is 0 Å². The van der Waals surface area contributed by atoms with Gasteiger partial charge in [0.15, 0.2) is 5.78 Å². The summed E-state index contributed by atoms with van der Waals surface area (Å²) in [5, 5.41) is 29.8. The molecule has 1 aliphatic rings. The number of aromatic nitrogens is 2. The highest BCUT2D eigenvalue weighted by Gasteiger charge is 2.38. The van der Waals surface area contributed by atoms with Gasteiger partial charge in [-0.3, -0.25) is 29.8 Å². The van der Waals surface area contributed by atoms with E-state index in [1.54, 1.807) is 47.4 Å². The third kappa shape index (κ3) is 3.19. The molecule has 0 saturated carbocycles. The predicted octanol–water partition coefficient (Wildman–Crippen LogP) is 4.15. The molecule has 1 aliphatic carbocycles. The molecule has 3 aromatic carbocycles. The van der Waals surface area contributed by atoms with Crippen molar-refractivity contribution >= 4 is 28.8 Å². The number of anilines is 1. The van der Waals surface area contributed by atoms with Gasteiger partial charge >= 0.3 is 0 Å². The number of carbonyl (C=O) groups excluding carboxylic acids is 2. The molecule has 4 aromatic rings. The number of rotatable bonds is 5. The molecule has 0 spiro atoms. The maximum Gasteiger partial charge on any atom is 0.278 e. The van der Waals surface area contributed by atoms with Crippen LogP contribution in [0.3, 0.4) is 0 Å². The van der Waals surface area contributed by atoms with Gasteiger partial charge in [0.05, 0.1) is 37.9 Å². The molecule has 0 saturated heterocycles. The second-order valence-corrected chi connectivity index (χ2v) is 7.38. The average Bonchev–Trinajstić information content (AvgIpc) is 3.46. The van der Waals surface area contributed by atoms with Crippen LogP contribution in [0, 0.1) is 20.2 Å². The Kier molecular flexibility index (Phi) is 4.71. The molecule has 0 atom stereocenters. The molecule has 1 N–H and O–H groups in total. The summed E-state index contributed by atoms with van der Waals surface area (Å²) in [7, 11) is 0. The van der Waals surface area contributed by atoms with Crippen molar-refractivity contribution in [3.63, 3.8) is 0 Å². The number of nitrogens with one attached hydrogen (secondary N) is 1. The van der Waals surface area contributed by atoms with Crippen LogP contribution in [-0.2, 0) is 0 Å². The van der Waals surface area contributed by atoms with Crippen LogP contribution in [-0.4, -0.2) is 31.3 Å². The second-order valence-electron chi connectivity index (χ2n) is 7.38. The standard InChI is InChI=1S/C23H13N5O6/c29-22-16-12-13(27(31)32)6-7-14(16)20-19(28(33)34)9-8-15(21(20)22)23(30)25-17-4-1-2-5-18(17)26-11-3-10-24-26/h1-12H,(H,25,30). The molecule has 11 heteroatoms. The summed E-state index contributed by atoms with van der Waals surface area (Å²) >= 11 is 0. The van der Waals surface area contributed by atoms with E-state index < -0.39 is 21.5 Å². The first-order valence-electron chi connectivity index (χ1n) is 9.92. The number of amides is 1. The predicted molar refractivity (Wildman–Crippen MR) is 120 cm³/mol. The van der Waals surface area contributed by atoms with E-state index >= 15 is 0 Å². The smallest absolute Gasteiger partial charge is 0.278 e. The summed E-state index contributed by atoms with van der Waals surface area (Å²) in [4.78, 5) is 48.0. The zero-order valence-electron chi connectivity index (χ0n) is 17.2. The second kappa shape index (κ2) is 7.74. The highest BCUT2D eigenvalue weighted by molar-refractivity contribution is 6.28. The van der Waals surface area contributed by atoms with Crippen molar-refractivity contribution in [1.29, 1.82) is 0 Å². The van der Waals surface area contributed by atoms with Gasteiger partial charge in [-0.25, -0.2) is 4.68 Å². The molecule has 0 radical (unpaired) electrons. The van der Waals surface area contributed by atoms with Crippen molar-refractivity contribution in [1.82, 2.24) is 9.78 Å². The van der Waals surface area contributed by atoms with Crippen LogP contribution in [0.4, 0.5) is 17.1 Å². The molecule has 34 heavy (non-hydrogen) atoms. The lowest BCUT2D eigenvalue weighted by Crippen LogP contribution is -2.17. The minimum atomic E-state index is -0.692. The first kappa shape index (κ1) is 20.7. The quantitative estimate of drug-likeness (QED) is 0.309. The van der Waals surface area contributed by atoms with Crippen LogP contribution in [0.1, 0.15) is 26.3 Å². The maximum atomic E-state index is 13.3. The van der Waals surface area contributed by atoms with E-state index in [0.717, 1.165) is 18.2 Å². The molecule has 5 rings (SSSR count). The Labute approximate surface area is 190 Å². The molecule has 1 amide bonds. The van der Waals surface area contributed by atoms with E-state index in [-0.39, 0.29) is 39.2 Å². The van der Waals surface area contributed by atoms with E-state index in [0.29, 0.717) is 11.4 Å². The molecular weight excluding hydrogens is 442 g/mol. The first-order chi connectivity index (χ1) is 16.4. The van der Waals surface area contributed by atoms with Crippen LogP contribution < -0.4 is 5.32 Å². The van der Waals surface area contributed by atoms with Crippen LogP contribution in [0.25, 0.3) is 16.8 Å². The minimum Gasteiger partial charge on any atom is -0.320 e. The van der Waals surface area contributed by atoms with Crippen LogP contribution >= 0.6 is 0 Å². The summed E-state index contributed by atoms with van der Waals surface area (Å²) in [6.07, 6.45) is 3.28. The number of nitrogens with zero attached hydrogens (tertiary/aromatic N) is 4. The highest BCUT2D eigenvalue weighted by atomic mass is 16.6. The zero-order chi connectivity index (χ0) is 24.0. The molecule has 0 bridgehead atoms. The average molecular weight is 455 g/mol. The summed E-state index contributed by atoms with van der Waals surface area (Å²) in [6.45, 7) is 0. The van der Waals surface area contributed by atoms with Crippen molar-refractivity contribution in [3.05, 3.63) is 110 Å². The molecule has 0 aliphatic heterocycles. The summed E-state index contributed by atoms with van der Waals surface area (Å²) < 4.78 is 1.55. The largest absolute Gasteiger partial charge is 0.320 e. The Morgan fingerprint density at radius 1 is 0.912 bits per heavy atom. The summed E-state index contributed by atoms with van der Waals surface area (Å²) in [5.41, 5.74) is 0.0949. The lowest BCUT2D eigenvalue weighted by atomic mass is 9.98. The Hall–Kier alpha value is -5.19. The third-order valence-corrected chi connectivity index (χ3v) is 5.48. The monoisotopic (exact) mass is 455 g/mol. The third-order valence-electron chi connectivity index (χ3n) is 5.48. The molecule has 0 unspecified atom stereocenters. The normalized spacial score (nSPS) is 11.6. The lowest BCUT2D eigenvalue weighted by molar-refractivity contribution is -0.385. The number of non-ortho nitro benzene ring substituents is 1. The van der Waals surface area contributed by atoms with E-state index in [9.17, 15) is 29.8 Å². The van der Waals surface area contributed by atoms with Gasteiger partial charge < -0.3 is 5.32 Å². The topological polar surface area (TPSA) is 150 Å². The van der Waals surface area contributed by atoms with Crippen molar-refractivity contribution in [2.75, 3.05) is 5.32 Å². The number of fused-ring (bicyclic) bond motifs is 3. The summed E-state index contributed by atoms with van der Waals surface area (Å²) in [6, 6.07) is 14.5.